The van der Waals surface area contributed by atoms with E-state index in [9.17, 15) is 4.79 Å². The summed E-state index contributed by atoms with van der Waals surface area (Å²) in [4.78, 5) is 16.7. The van der Waals surface area contributed by atoms with Crippen LogP contribution in [0.3, 0.4) is 0 Å². The van der Waals surface area contributed by atoms with Crippen LogP contribution in [0.25, 0.3) is 11.3 Å². The number of aryl methyl sites for hydroxylation is 3. The molecule has 0 bridgehead atoms. The lowest BCUT2D eigenvalue weighted by molar-refractivity contribution is 0.355. The van der Waals surface area contributed by atoms with Gasteiger partial charge < -0.3 is 14.8 Å². The minimum atomic E-state index is -0.336. The molecular formula is C22H25N3O3. The molecule has 0 spiro atoms. The number of aromatic nitrogens is 2. The molecule has 146 valence electrons. The van der Waals surface area contributed by atoms with Crippen molar-refractivity contribution in [3.63, 3.8) is 0 Å². The van der Waals surface area contributed by atoms with E-state index in [2.05, 4.69) is 29.4 Å². The van der Waals surface area contributed by atoms with Crippen LogP contribution < -0.4 is 20.5 Å². The van der Waals surface area contributed by atoms with Gasteiger partial charge in [0.15, 0.2) is 11.5 Å². The molecule has 3 aromatic rings. The van der Waals surface area contributed by atoms with Crippen molar-refractivity contribution >= 4 is 11.5 Å². The van der Waals surface area contributed by atoms with E-state index in [1.54, 1.807) is 21.3 Å². The molecule has 0 radical (unpaired) electrons. The number of methoxy groups -OCH3 is 2. The average molecular weight is 379 g/mol. The fraction of sp³-hybridized carbons (Fsp3) is 0.273. The topological polar surface area (TPSA) is 65.4 Å². The normalized spacial score (nSPS) is 10.6. The van der Waals surface area contributed by atoms with Crippen molar-refractivity contribution in [1.82, 2.24) is 9.55 Å². The molecule has 28 heavy (non-hydrogen) atoms. The van der Waals surface area contributed by atoms with Crippen LogP contribution in [0.15, 0.2) is 41.2 Å². The Morgan fingerprint density at radius 1 is 0.929 bits per heavy atom. The molecule has 0 saturated carbocycles. The summed E-state index contributed by atoms with van der Waals surface area (Å²) in [6.07, 6.45) is 0. The van der Waals surface area contributed by atoms with E-state index in [1.165, 1.54) is 10.1 Å². The van der Waals surface area contributed by atoms with Gasteiger partial charge in [-0.3, -0.25) is 4.57 Å². The molecule has 0 unspecified atom stereocenters. The maximum atomic E-state index is 12.5. The predicted octanol–water partition coefficient (Wildman–Crippen LogP) is 4.13. The van der Waals surface area contributed by atoms with Gasteiger partial charge in [0.25, 0.3) is 0 Å². The van der Waals surface area contributed by atoms with Crippen LogP contribution >= 0.6 is 0 Å². The maximum absolute atomic E-state index is 12.5. The zero-order chi connectivity index (χ0) is 20.4. The highest BCUT2D eigenvalue weighted by Gasteiger charge is 2.13. The van der Waals surface area contributed by atoms with Gasteiger partial charge in [-0.15, -0.1) is 0 Å². The summed E-state index contributed by atoms with van der Waals surface area (Å²) in [5, 5.41) is 3.32. The molecule has 3 rings (SSSR count). The third-order valence-electron chi connectivity index (χ3n) is 4.75. The van der Waals surface area contributed by atoms with E-state index in [4.69, 9.17) is 9.47 Å². The predicted molar refractivity (Wildman–Crippen MR) is 112 cm³/mol. The smallest absolute Gasteiger partial charge is 0.349 e. The Hall–Kier alpha value is -3.28. The largest absolute Gasteiger partial charge is 0.493 e. The zero-order valence-electron chi connectivity index (χ0n) is 17.1. The highest BCUT2D eigenvalue weighted by Crippen LogP contribution is 2.33. The lowest BCUT2D eigenvalue weighted by Gasteiger charge is -2.16. The quantitative estimate of drug-likeness (QED) is 0.722. The van der Waals surface area contributed by atoms with E-state index < -0.39 is 0 Å². The summed E-state index contributed by atoms with van der Waals surface area (Å²) in [5.74, 6) is 1.74. The van der Waals surface area contributed by atoms with Crippen molar-refractivity contribution in [2.24, 2.45) is 7.05 Å². The van der Waals surface area contributed by atoms with Gasteiger partial charge in [-0.05, 0) is 50.1 Å². The molecule has 6 nitrogen and oxygen atoms in total. The molecule has 1 aromatic heterocycles. The number of nitrogens with one attached hydrogen (secondary N) is 1. The first-order chi connectivity index (χ1) is 13.3. The SMILES string of the molecule is COc1ccc(-c2cc(Nc3c(C)cc(C)cc3C)nc(=O)n2C)cc1OC. The fourth-order valence-electron chi connectivity index (χ4n) is 3.38. The Balaban J connectivity index is 2.09. The van der Waals surface area contributed by atoms with Gasteiger partial charge in [0.2, 0.25) is 0 Å². The third-order valence-corrected chi connectivity index (χ3v) is 4.75. The molecule has 0 amide bonds. The summed E-state index contributed by atoms with van der Waals surface area (Å²) in [6, 6.07) is 11.6. The van der Waals surface area contributed by atoms with Gasteiger partial charge in [-0.25, -0.2) is 4.79 Å². The molecule has 0 aliphatic carbocycles. The first-order valence-electron chi connectivity index (χ1n) is 8.99. The maximum Gasteiger partial charge on any atom is 0.349 e. The molecule has 1 heterocycles. The van der Waals surface area contributed by atoms with Crippen molar-refractivity contribution in [2.75, 3.05) is 19.5 Å². The second kappa shape index (κ2) is 7.76. The van der Waals surface area contributed by atoms with Gasteiger partial charge >= 0.3 is 5.69 Å². The van der Waals surface area contributed by atoms with Crippen LogP contribution in [0.1, 0.15) is 16.7 Å². The number of ether oxygens (including phenoxy) is 2. The van der Waals surface area contributed by atoms with E-state index >= 15 is 0 Å². The number of rotatable bonds is 5. The lowest BCUT2D eigenvalue weighted by atomic mass is 10.0. The Bertz CT molecular complexity index is 1060. The summed E-state index contributed by atoms with van der Waals surface area (Å²) in [7, 11) is 4.88. The number of nitrogens with zero attached hydrogens (tertiary/aromatic N) is 2. The molecule has 6 heteroatoms. The summed E-state index contributed by atoms with van der Waals surface area (Å²) in [5.41, 5.74) is 5.59. The van der Waals surface area contributed by atoms with Crippen LogP contribution in [0.2, 0.25) is 0 Å². The van der Waals surface area contributed by atoms with Crippen LogP contribution in [-0.2, 0) is 7.05 Å². The highest BCUT2D eigenvalue weighted by atomic mass is 16.5. The van der Waals surface area contributed by atoms with E-state index in [0.717, 1.165) is 28.1 Å². The highest BCUT2D eigenvalue weighted by molar-refractivity contribution is 5.70. The second-order valence-electron chi connectivity index (χ2n) is 6.84. The summed E-state index contributed by atoms with van der Waals surface area (Å²) in [6.45, 7) is 6.15. The van der Waals surface area contributed by atoms with Gasteiger partial charge in [-0.1, -0.05) is 17.7 Å². The second-order valence-corrected chi connectivity index (χ2v) is 6.84. The van der Waals surface area contributed by atoms with Crippen molar-refractivity contribution in [1.29, 1.82) is 0 Å². The molecule has 0 aliphatic heterocycles. The number of hydrogen-bond acceptors (Lipinski definition) is 5. The van der Waals surface area contributed by atoms with Crippen molar-refractivity contribution < 1.29 is 9.47 Å². The average Bonchev–Trinajstić information content (AvgIpc) is 2.66. The Morgan fingerprint density at radius 3 is 2.18 bits per heavy atom. The van der Waals surface area contributed by atoms with Crippen molar-refractivity contribution in [2.45, 2.75) is 20.8 Å². The third kappa shape index (κ3) is 3.71. The Kier molecular flexibility index (Phi) is 5.40. The number of benzene rings is 2. The van der Waals surface area contributed by atoms with Crippen LogP contribution in [-0.4, -0.2) is 23.8 Å². The first kappa shape index (κ1) is 19.5. The standard InChI is InChI=1S/C22H25N3O3/c1-13-9-14(2)21(15(3)10-13)23-20-12-17(25(4)22(26)24-20)16-7-8-18(27-5)19(11-16)28-6/h7-12H,1-6H3,(H,23,24,26). The van der Waals surface area contributed by atoms with Gasteiger partial charge in [0, 0.05) is 24.4 Å². The van der Waals surface area contributed by atoms with Crippen LogP contribution in [0.4, 0.5) is 11.5 Å². The number of anilines is 2. The van der Waals surface area contributed by atoms with E-state index in [-0.39, 0.29) is 5.69 Å². The molecule has 1 N–H and O–H groups in total. The zero-order valence-corrected chi connectivity index (χ0v) is 17.1. The van der Waals surface area contributed by atoms with Gasteiger partial charge in [0.1, 0.15) is 5.82 Å². The van der Waals surface area contributed by atoms with Gasteiger partial charge in [0.05, 0.1) is 19.9 Å². The molecule has 0 fully saturated rings. The van der Waals surface area contributed by atoms with Crippen molar-refractivity contribution in [3.05, 3.63) is 63.6 Å². The minimum absolute atomic E-state index is 0.336. The number of hydrogen-bond donors (Lipinski definition) is 1. The molecule has 0 atom stereocenters. The Labute approximate surface area is 164 Å². The fourth-order valence-corrected chi connectivity index (χ4v) is 3.38. The molecule has 0 saturated heterocycles. The van der Waals surface area contributed by atoms with E-state index in [1.807, 2.05) is 38.1 Å². The molecular weight excluding hydrogens is 354 g/mol. The van der Waals surface area contributed by atoms with E-state index in [0.29, 0.717) is 17.3 Å². The molecule has 2 aromatic carbocycles. The first-order valence-corrected chi connectivity index (χ1v) is 8.99. The monoisotopic (exact) mass is 379 g/mol. The van der Waals surface area contributed by atoms with Crippen LogP contribution in [0.5, 0.6) is 11.5 Å². The van der Waals surface area contributed by atoms with Crippen molar-refractivity contribution in [3.8, 4) is 22.8 Å². The minimum Gasteiger partial charge on any atom is -0.493 e. The summed E-state index contributed by atoms with van der Waals surface area (Å²) >= 11 is 0. The summed E-state index contributed by atoms with van der Waals surface area (Å²) < 4.78 is 12.2. The van der Waals surface area contributed by atoms with Crippen LogP contribution in [0, 0.1) is 20.8 Å². The molecule has 0 aliphatic rings. The van der Waals surface area contributed by atoms with Gasteiger partial charge in [-0.2, -0.15) is 4.98 Å². The Morgan fingerprint density at radius 2 is 1.57 bits per heavy atom. The lowest BCUT2D eigenvalue weighted by Crippen LogP contribution is -2.22.